The molecule has 0 saturated carbocycles. The predicted octanol–water partition coefficient (Wildman–Crippen LogP) is 1.60. The summed E-state index contributed by atoms with van der Waals surface area (Å²) in [6.07, 6.45) is 3.14. The van der Waals surface area contributed by atoms with Gasteiger partial charge in [0.1, 0.15) is 5.75 Å². The highest BCUT2D eigenvalue weighted by Crippen LogP contribution is 2.30. The average molecular weight is 235 g/mol. The van der Waals surface area contributed by atoms with E-state index >= 15 is 0 Å². The summed E-state index contributed by atoms with van der Waals surface area (Å²) < 4.78 is 5.23. The van der Waals surface area contributed by atoms with E-state index in [-0.39, 0.29) is 12.0 Å². The van der Waals surface area contributed by atoms with E-state index in [1.54, 1.807) is 7.11 Å². The summed E-state index contributed by atoms with van der Waals surface area (Å²) in [5.74, 6) is 0.888. The highest BCUT2D eigenvalue weighted by molar-refractivity contribution is 5.29. The molecular weight excluding hydrogens is 214 g/mol. The fourth-order valence-corrected chi connectivity index (χ4v) is 2.59. The highest BCUT2D eigenvalue weighted by Gasteiger charge is 2.31. The van der Waals surface area contributed by atoms with E-state index < -0.39 is 0 Å². The predicted molar refractivity (Wildman–Crippen MR) is 68.3 cm³/mol. The summed E-state index contributed by atoms with van der Waals surface area (Å²) in [5, 5.41) is 13.0. The largest absolute Gasteiger partial charge is 0.497 e. The van der Waals surface area contributed by atoms with E-state index in [1.165, 1.54) is 5.56 Å². The minimum Gasteiger partial charge on any atom is -0.497 e. The van der Waals surface area contributed by atoms with Crippen molar-refractivity contribution in [1.29, 1.82) is 0 Å². The molecule has 1 atom stereocenters. The van der Waals surface area contributed by atoms with Crippen molar-refractivity contribution in [2.75, 3.05) is 26.8 Å². The van der Waals surface area contributed by atoms with E-state index in [4.69, 9.17) is 4.74 Å². The van der Waals surface area contributed by atoms with E-state index in [0.717, 1.165) is 38.1 Å². The molecule has 17 heavy (non-hydrogen) atoms. The van der Waals surface area contributed by atoms with E-state index in [9.17, 15) is 5.11 Å². The van der Waals surface area contributed by atoms with Crippen LogP contribution < -0.4 is 10.1 Å². The maximum atomic E-state index is 9.66. The Morgan fingerprint density at radius 1 is 1.47 bits per heavy atom. The second-order valence-electron chi connectivity index (χ2n) is 4.97. The zero-order valence-corrected chi connectivity index (χ0v) is 10.4. The monoisotopic (exact) mass is 235 g/mol. The molecule has 1 heterocycles. The number of aliphatic hydroxyl groups excluding tert-OH is 1. The molecule has 3 heteroatoms. The number of benzene rings is 1. The van der Waals surface area contributed by atoms with Gasteiger partial charge in [-0.1, -0.05) is 12.1 Å². The number of rotatable bonds is 4. The normalized spacial score (nSPS) is 24.6. The molecule has 1 aliphatic heterocycles. The number of ether oxygens (including phenoxy) is 1. The smallest absolute Gasteiger partial charge is 0.119 e. The summed E-state index contributed by atoms with van der Waals surface area (Å²) in [6.45, 7) is 2.22. The number of methoxy groups -OCH3 is 1. The number of hydrogen-bond donors (Lipinski definition) is 2. The van der Waals surface area contributed by atoms with Crippen molar-refractivity contribution in [3.05, 3.63) is 29.8 Å². The first-order valence-electron chi connectivity index (χ1n) is 6.22. The molecule has 1 saturated heterocycles. The lowest BCUT2D eigenvalue weighted by molar-refractivity contribution is 0.0947. The van der Waals surface area contributed by atoms with Crippen molar-refractivity contribution < 1.29 is 9.84 Å². The fourth-order valence-electron chi connectivity index (χ4n) is 2.59. The summed E-state index contributed by atoms with van der Waals surface area (Å²) in [4.78, 5) is 0. The van der Waals surface area contributed by atoms with Gasteiger partial charge in [0.15, 0.2) is 0 Å². The van der Waals surface area contributed by atoms with E-state index in [0.29, 0.717) is 0 Å². The van der Waals surface area contributed by atoms with E-state index in [2.05, 4.69) is 17.4 Å². The summed E-state index contributed by atoms with van der Waals surface area (Å²) >= 11 is 0. The zero-order chi connectivity index (χ0) is 12.1. The molecule has 94 valence electrons. The van der Waals surface area contributed by atoms with Crippen LogP contribution in [-0.2, 0) is 6.42 Å². The zero-order valence-electron chi connectivity index (χ0n) is 10.4. The fraction of sp³-hybridized carbons (Fsp3) is 0.571. The summed E-state index contributed by atoms with van der Waals surface area (Å²) in [7, 11) is 1.68. The second kappa shape index (κ2) is 5.52. The van der Waals surface area contributed by atoms with Crippen molar-refractivity contribution >= 4 is 0 Å². The Morgan fingerprint density at radius 2 is 2.35 bits per heavy atom. The topological polar surface area (TPSA) is 41.5 Å². The molecule has 0 radical (unpaired) electrons. The molecule has 0 amide bonds. The van der Waals surface area contributed by atoms with Crippen LogP contribution in [0.3, 0.4) is 0 Å². The van der Waals surface area contributed by atoms with Crippen molar-refractivity contribution in [2.45, 2.75) is 19.3 Å². The summed E-state index contributed by atoms with van der Waals surface area (Å²) in [6, 6.07) is 8.13. The molecule has 2 N–H and O–H groups in total. The molecule has 0 aromatic heterocycles. The lowest BCUT2D eigenvalue weighted by Gasteiger charge is -2.36. The number of aliphatic hydroxyl groups is 1. The van der Waals surface area contributed by atoms with Crippen LogP contribution in [0.1, 0.15) is 18.4 Å². The van der Waals surface area contributed by atoms with Gasteiger partial charge in [-0.2, -0.15) is 0 Å². The Kier molecular flexibility index (Phi) is 4.02. The molecule has 3 nitrogen and oxygen atoms in total. The standard InChI is InChI=1S/C14H21NO2/c1-17-13-5-2-4-12(8-13)9-14(11-16)6-3-7-15-10-14/h2,4-5,8,15-16H,3,6-7,9-11H2,1H3/t14-/m0/s1. The third kappa shape index (κ3) is 2.99. The van der Waals surface area contributed by atoms with Gasteiger partial charge >= 0.3 is 0 Å². The number of piperidine rings is 1. The molecular formula is C14H21NO2. The van der Waals surface area contributed by atoms with Crippen LogP contribution in [0.15, 0.2) is 24.3 Å². The molecule has 0 bridgehead atoms. The highest BCUT2D eigenvalue weighted by atomic mass is 16.5. The summed E-state index contributed by atoms with van der Waals surface area (Å²) in [5.41, 5.74) is 1.24. The van der Waals surface area contributed by atoms with Gasteiger partial charge in [0.25, 0.3) is 0 Å². The minimum atomic E-state index is 0.00458. The van der Waals surface area contributed by atoms with Gasteiger partial charge in [-0.25, -0.2) is 0 Å². The Morgan fingerprint density at radius 3 is 3.00 bits per heavy atom. The Balaban J connectivity index is 2.11. The Bertz CT molecular complexity index is 359. The molecule has 1 fully saturated rings. The molecule has 0 unspecified atom stereocenters. The van der Waals surface area contributed by atoms with Crippen molar-refractivity contribution in [1.82, 2.24) is 5.32 Å². The van der Waals surface area contributed by atoms with Gasteiger partial charge in [-0.15, -0.1) is 0 Å². The average Bonchev–Trinajstić information content (AvgIpc) is 2.40. The maximum absolute atomic E-state index is 9.66. The lowest BCUT2D eigenvalue weighted by Crippen LogP contribution is -2.44. The molecule has 0 aliphatic carbocycles. The van der Waals surface area contributed by atoms with Crippen LogP contribution in [-0.4, -0.2) is 31.9 Å². The van der Waals surface area contributed by atoms with Crippen LogP contribution in [0.5, 0.6) is 5.75 Å². The van der Waals surface area contributed by atoms with Gasteiger partial charge in [-0.3, -0.25) is 0 Å². The van der Waals surface area contributed by atoms with Crippen LogP contribution in [0.2, 0.25) is 0 Å². The SMILES string of the molecule is COc1cccc(C[C@@]2(CO)CCCNC2)c1. The van der Waals surface area contributed by atoms with Gasteiger partial charge in [0, 0.05) is 12.0 Å². The van der Waals surface area contributed by atoms with Gasteiger partial charge < -0.3 is 15.2 Å². The molecule has 2 rings (SSSR count). The Hall–Kier alpha value is -1.06. The maximum Gasteiger partial charge on any atom is 0.119 e. The third-order valence-electron chi connectivity index (χ3n) is 3.61. The van der Waals surface area contributed by atoms with Crippen molar-refractivity contribution in [3.8, 4) is 5.75 Å². The van der Waals surface area contributed by atoms with Crippen LogP contribution in [0, 0.1) is 5.41 Å². The quantitative estimate of drug-likeness (QED) is 0.833. The van der Waals surface area contributed by atoms with Crippen LogP contribution >= 0.6 is 0 Å². The van der Waals surface area contributed by atoms with Gasteiger partial charge in [0.2, 0.25) is 0 Å². The first kappa shape index (κ1) is 12.4. The molecule has 1 aromatic rings. The number of hydrogen-bond acceptors (Lipinski definition) is 3. The minimum absolute atomic E-state index is 0.00458. The van der Waals surface area contributed by atoms with Gasteiger partial charge in [0.05, 0.1) is 13.7 Å². The lowest BCUT2D eigenvalue weighted by atomic mass is 9.76. The van der Waals surface area contributed by atoms with Crippen molar-refractivity contribution in [2.24, 2.45) is 5.41 Å². The first-order chi connectivity index (χ1) is 8.28. The molecule has 1 aromatic carbocycles. The second-order valence-corrected chi connectivity index (χ2v) is 4.97. The molecule has 1 aliphatic rings. The van der Waals surface area contributed by atoms with Gasteiger partial charge in [-0.05, 0) is 43.5 Å². The number of nitrogens with one attached hydrogen (secondary N) is 1. The van der Waals surface area contributed by atoms with E-state index in [1.807, 2.05) is 12.1 Å². The Labute approximate surface area is 103 Å². The van der Waals surface area contributed by atoms with Crippen LogP contribution in [0.25, 0.3) is 0 Å². The van der Waals surface area contributed by atoms with Crippen molar-refractivity contribution in [3.63, 3.8) is 0 Å². The third-order valence-corrected chi connectivity index (χ3v) is 3.61. The van der Waals surface area contributed by atoms with Crippen LogP contribution in [0.4, 0.5) is 0 Å². The molecule has 0 spiro atoms. The first-order valence-corrected chi connectivity index (χ1v) is 6.22.